The van der Waals surface area contributed by atoms with Crippen LogP contribution in [0, 0.1) is 21.4 Å². The number of nitrogens with zero attached hydrogens (tertiary/aromatic N) is 2. The number of para-hydroxylation sites is 1. The summed E-state index contributed by atoms with van der Waals surface area (Å²) in [5.41, 5.74) is -0.106. The molecule has 2 aromatic carbocycles. The van der Waals surface area contributed by atoms with Crippen LogP contribution in [0.3, 0.4) is 0 Å². The lowest BCUT2D eigenvalue weighted by molar-refractivity contribution is -0.384. The van der Waals surface area contributed by atoms with Gasteiger partial charge in [0, 0.05) is 12.1 Å². The topological polar surface area (TPSA) is 156 Å². The largest absolute Gasteiger partial charge is 0.496 e. The van der Waals surface area contributed by atoms with Crippen molar-refractivity contribution in [3.8, 4) is 23.1 Å². The van der Waals surface area contributed by atoms with E-state index in [4.69, 9.17) is 9.15 Å². The Balaban J connectivity index is 1.88. The van der Waals surface area contributed by atoms with Gasteiger partial charge in [0.25, 0.3) is 11.6 Å². The first-order valence-corrected chi connectivity index (χ1v) is 9.02. The molecule has 0 unspecified atom stereocenters. The zero-order valence-electron chi connectivity index (χ0n) is 16.6. The lowest BCUT2D eigenvalue weighted by atomic mass is 10.1. The number of methoxy groups -OCH3 is 1. The van der Waals surface area contributed by atoms with Crippen molar-refractivity contribution in [1.29, 1.82) is 5.26 Å². The predicted octanol–water partition coefficient (Wildman–Crippen LogP) is 4.11. The van der Waals surface area contributed by atoms with Gasteiger partial charge < -0.3 is 19.6 Å². The van der Waals surface area contributed by atoms with Gasteiger partial charge in [0.1, 0.15) is 28.9 Å². The first kappa shape index (κ1) is 21.8. The van der Waals surface area contributed by atoms with Crippen LogP contribution in [0.2, 0.25) is 0 Å². The summed E-state index contributed by atoms with van der Waals surface area (Å²) in [5.74, 6) is -1.36. The van der Waals surface area contributed by atoms with E-state index >= 15 is 0 Å². The number of amides is 1. The molecule has 1 amide bonds. The van der Waals surface area contributed by atoms with Gasteiger partial charge in [0.2, 0.25) is 0 Å². The van der Waals surface area contributed by atoms with Gasteiger partial charge in [-0.1, -0.05) is 12.1 Å². The predicted molar refractivity (Wildman–Crippen MR) is 113 cm³/mol. The minimum absolute atomic E-state index is 0.0434. The average Bonchev–Trinajstić information content (AvgIpc) is 3.25. The molecule has 0 aliphatic rings. The van der Waals surface area contributed by atoms with Gasteiger partial charge in [-0.25, -0.2) is 4.79 Å². The standard InChI is InChI=1S/C22H15N3O7/c1-31-20-11-14(25(29)30)6-8-17(20)19-9-7-15(32-19)10-13(12-23)21(26)24-18-5-3-2-4-16(18)22(27)28/h2-11H,1H3,(H,24,26)(H,27,28). The molecule has 2 N–H and O–H groups in total. The van der Waals surface area contributed by atoms with Crippen molar-refractivity contribution in [3.05, 3.63) is 81.6 Å². The van der Waals surface area contributed by atoms with E-state index in [2.05, 4.69) is 5.32 Å². The summed E-state index contributed by atoms with van der Waals surface area (Å²) in [4.78, 5) is 34.2. The fourth-order valence-corrected chi connectivity index (χ4v) is 2.83. The van der Waals surface area contributed by atoms with Gasteiger partial charge in [0.05, 0.1) is 34.9 Å². The summed E-state index contributed by atoms with van der Waals surface area (Å²) < 4.78 is 10.8. The van der Waals surface area contributed by atoms with Crippen molar-refractivity contribution in [2.45, 2.75) is 0 Å². The Labute approximate surface area is 181 Å². The second kappa shape index (κ2) is 9.27. The molecule has 160 valence electrons. The number of carbonyl (C=O) groups is 2. The molecule has 10 heteroatoms. The van der Waals surface area contributed by atoms with E-state index in [1.54, 1.807) is 18.2 Å². The Morgan fingerprint density at radius 2 is 1.97 bits per heavy atom. The van der Waals surface area contributed by atoms with E-state index in [0.717, 1.165) is 0 Å². The van der Waals surface area contributed by atoms with Gasteiger partial charge >= 0.3 is 5.97 Å². The number of carbonyl (C=O) groups excluding carboxylic acids is 1. The van der Waals surface area contributed by atoms with Gasteiger partial charge in [-0.3, -0.25) is 14.9 Å². The lowest BCUT2D eigenvalue weighted by Crippen LogP contribution is -2.16. The fraction of sp³-hybridized carbons (Fsp3) is 0.0455. The van der Waals surface area contributed by atoms with E-state index in [1.165, 1.54) is 55.7 Å². The Morgan fingerprint density at radius 3 is 2.62 bits per heavy atom. The van der Waals surface area contributed by atoms with Crippen LogP contribution in [0.1, 0.15) is 16.1 Å². The van der Waals surface area contributed by atoms with Crippen LogP contribution < -0.4 is 10.1 Å². The van der Waals surface area contributed by atoms with Crippen LogP contribution in [-0.4, -0.2) is 29.0 Å². The first-order valence-electron chi connectivity index (χ1n) is 9.02. The third-order valence-corrected chi connectivity index (χ3v) is 4.35. The highest BCUT2D eigenvalue weighted by Gasteiger charge is 2.17. The van der Waals surface area contributed by atoms with Crippen LogP contribution in [-0.2, 0) is 4.79 Å². The summed E-state index contributed by atoms with van der Waals surface area (Å²) in [6.45, 7) is 0. The van der Waals surface area contributed by atoms with Crippen LogP contribution in [0.25, 0.3) is 17.4 Å². The summed E-state index contributed by atoms with van der Waals surface area (Å²) in [5, 5.41) is 31.9. The summed E-state index contributed by atoms with van der Waals surface area (Å²) >= 11 is 0. The van der Waals surface area contributed by atoms with Crippen LogP contribution in [0.15, 0.2) is 64.6 Å². The summed E-state index contributed by atoms with van der Waals surface area (Å²) in [6, 6.07) is 14.6. The first-order chi connectivity index (χ1) is 15.3. The fourth-order valence-electron chi connectivity index (χ4n) is 2.83. The molecule has 10 nitrogen and oxygen atoms in total. The van der Waals surface area contributed by atoms with E-state index in [1.807, 2.05) is 0 Å². The summed E-state index contributed by atoms with van der Waals surface area (Å²) in [7, 11) is 1.36. The smallest absolute Gasteiger partial charge is 0.337 e. The molecule has 0 bridgehead atoms. The Morgan fingerprint density at radius 1 is 1.22 bits per heavy atom. The molecule has 32 heavy (non-hydrogen) atoms. The monoisotopic (exact) mass is 433 g/mol. The van der Waals surface area contributed by atoms with Crippen LogP contribution in [0.4, 0.5) is 11.4 Å². The normalized spacial score (nSPS) is 10.8. The summed E-state index contributed by atoms with van der Waals surface area (Å²) in [6.07, 6.45) is 1.19. The number of furan rings is 1. The molecule has 3 aromatic rings. The number of hydrogen-bond donors (Lipinski definition) is 2. The number of rotatable bonds is 7. The third-order valence-electron chi connectivity index (χ3n) is 4.35. The molecule has 0 fully saturated rings. The van der Waals surface area contributed by atoms with Crippen molar-refractivity contribution < 1.29 is 28.8 Å². The van der Waals surface area contributed by atoms with Crippen molar-refractivity contribution in [1.82, 2.24) is 0 Å². The maximum absolute atomic E-state index is 12.5. The highest BCUT2D eigenvalue weighted by atomic mass is 16.6. The second-order valence-electron chi connectivity index (χ2n) is 6.32. The van der Waals surface area contributed by atoms with E-state index in [0.29, 0.717) is 11.3 Å². The number of carboxylic acid groups (broad SMARTS) is 1. The maximum Gasteiger partial charge on any atom is 0.337 e. The highest BCUT2D eigenvalue weighted by molar-refractivity contribution is 6.11. The van der Waals surface area contributed by atoms with Crippen molar-refractivity contribution in [2.75, 3.05) is 12.4 Å². The number of aromatic carboxylic acids is 1. The van der Waals surface area contributed by atoms with Crippen molar-refractivity contribution in [2.24, 2.45) is 0 Å². The van der Waals surface area contributed by atoms with Crippen molar-refractivity contribution in [3.63, 3.8) is 0 Å². The molecule has 0 radical (unpaired) electrons. The van der Waals surface area contributed by atoms with Crippen LogP contribution >= 0.6 is 0 Å². The number of benzene rings is 2. The molecule has 1 heterocycles. The minimum Gasteiger partial charge on any atom is -0.496 e. The van der Waals surface area contributed by atoms with Crippen molar-refractivity contribution >= 4 is 29.3 Å². The quantitative estimate of drug-likeness (QED) is 0.244. The molecule has 1 aromatic heterocycles. The van der Waals surface area contributed by atoms with E-state index in [-0.39, 0.29) is 34.0 Å². The molecule has 0 aliphatic heterocycles. The second-order valence-corrected chi connectivity index (χ2v) is 6.32. The molecule has 3 rings (SSSR count). The number of carboxylic acids is 1. The zero-order chi connectivity index (χ0) is 23.3. The van der Waals surface area contributed by atoms with Gasteiger partial charge in [-0.05, 0) is 30.3 Å². The number of anilines is 1. The number of nitro groups is 1. The number of nitriles is 1. The van der Waals surface area contributed by atoms with Gasteiger partial charge in [0.15, 0.2) is 0 Å². The number of nitro benzene ring substituents is 1. The number of non-ortho nitro benzene ring substituents is 1. The number of hydrogen-bond acceptors (Lipinski definition) is 7. The molecule has 0 saturated heterocycles. The number of ether oxygens (including phenoxy) is 1. The molecule has 0 spiro atoms. The third kappa shape index (κ3) is 4.63. The molecular weight excluding hydrogens is 418 g/mol. The number of nitrogens with one attached hydrogen (secondary N) is 1. The molecule has 0 saturated carbocycles. The zero-order valence-corrected chi connectivity index (χ0v) is 16.6. The van der Waals surface area contributed by atoms with E-state index in [9.17, 15) is 30.1 Å². The van der Waals surface area contributed by atoms with Crippen LogP contribution in [0.5, 0.6) is 5.75 Å². The van der Waals surface area contributed by atoms with Gasteiger partial charge in [-0.15, -0.1) is 0 Å². The Kier molecular flexibility index (Phi) is 6.31. The highest BCUT2D eigenvalue weighted by Crippen LogP contribution is 2.34. The molecule has 0 aliphatic carbocycles. The van der Waals surface area contributed by atoms with Gasteiger partial charge in [-0.2, -0.15) is 5.26 Å². The Bertz CT molecular complexity index is 1280. The SMILES string of the molecule is COc1cc([N+](=O)[O-])ccc1-c1ccc(C=C(C#N)C(=O)Nc2ccccc2C(=O)O)o1. The molecular formula is C22H15N3O7. The minimum atomic E-state index is -1.23. The van der Waals surface area contributed by atoms with E-state index < -0.39 is 16.8 Å². The maximum atomic E-state index is 12.5. The molecule has 0 atom stereocenters. The lowest BCUT2D eigenvalue weighted by Gasteiger charge is -2.07. The Hall–Kier alpha value is -4.91. The average molecular weight is 433 g/mol.